The predicted molar refractivity (Wildman–Crippen MR) is 142 cm³/mol. The molecule has 10 nitrogen and oxygen atoms in total. The third-order valence-corrected chi connectivity index (χ3v) is 8.40. The fraction of sp³-hybridized carbons (Fsp3) is 0.267. The summed E-state index contributed by atoms with van der Waals surface area (Å²) in [5.74, 6) is -4.14. The lowest BCUT2D eigenvalue weighted by atomic mass is 9.59. The Morgan fingerprint density at radius 2 is 1.82 bits per heavy atom. The molecule has 6 rings (SSSR count). The van der Waals surface area contributed by atoms with Crippen molar-refractivity contribution in [1.29, 1.82) is 0 Å². The lowest BCUT2D eigenvalue weighted by Gasteiger charge is -2.42. The number of allylic oxidation sites excluding steroid dienone is 6. The molecule has 4 unspecified atom stereocenters. The molecule has 202 valence electrons. The number of nitro groups is 1. The third-order valence-electron chi connectivity index (χ3n) is 8.40. The number of benzene rings is 2. The monoisotopic (exact) mass is 540 g/mol. The number of anilines is 1. The third kappa shape index (κ3) is 3.63. The van der Waals surface area contributed by atoms with Crippen molar-refractivity contribution in [3.05, 3.63) is 92.6 Å². The van der Waals surface area contributed by atoms with E-state index in [4.69, 9.17) is 4.74 Å². The number of hydrogen-bond donors (Lipinski definition) is 1. The van der Waals surface area contributed by atoms with Crippen LogP contribution in [0.2, 0.25) is 0 Å². The van der Waals surface area contributed by atoms with E-state index >= 15 is 0 Å². The van der Waals surface area contributed by atoms with Crippen LogP contribution in [0.4, 0.5) is 11.4 Å². The molecule has 0 bridgehead atoms. The summed E-state index contributed by atoms with van der Waals surface area (Å²) in [5.41, 5.74) is 2.21. The molecule has 4 atom stereocenters. The number of carbonyl (C=O) groups is 4. The van der Waals surface area contributed by atoms with E-state index in [9.17, 15) is 34.4 Å². The van der Waals surface area contributed by atoms with Gasteiger partial charge in [0.05, 0.1) is 29.6 Å². The lowest BCUT2D eigenvalue weighted by Crippen LogP contribution is -2.39. The predicted octanol–water partition coefficient (Wildman–Crippen LogP) is 3.94. The number of hydrogen-bond acceptors (Lipinski definition) is 8. The maximum Gasteiger partial charge on any atom is 0.271 e. The molecule has 0 saturated carbocycles. The van der Waals surface area contributed by atoms with E-state index in [1.807, 2.05) is 6.08 Å². The second kappa shape index (κ2) is 9.11. The number of aromatic hydroxyl groups is 1. The Balaban J connectivity index is 1.48. The number of imide groups is 1. The number of amides is 2. The van der Waals surface area contributed by atoms with Crippen molar-refractivity contribution in [2.24, 2.45) is 17.8 Å². The van der Waals surface area contributed by atoms with Crippen molar-refractivity contribution in [3.8, 4) is 11.5 Å². The number of non-ortho nitro benzene ring substituents is 1. The molecule has 2 aromatic carbocycles. The Morgan fingerprint density at radius 3 is 2.55 bits per heavy atom. The van der Waals surface area contributed by atoms with Gasteiger partial charge in [0.25, 0.3) is 5.69 Å². The minimum atomic E-state index is -0.808. The van der Waals surface area contributed by atoms with Crippen LogP contribution in [-0.4, -0.2) is 40.5 Å². The number of phenols is 1. The van der Waals surface area contributed by atoms with Gasteiger partial charge < -0.3 is 9.84 Å². The standard InChI is InChI=1S/C30H24N2O8/c1-14-10-23(34)21-13-20-18(25(27(21)28(14)35)15-6-9-22(33)24(11-15)40-2)7-8-19-26(20)30(37)31(29(19)36)16-4-3-5-17(12-16)32(38)39/h3-7,9-12,19-20,25-26,33H,8,13H2,1-2H3. The van der Waals surface area contributed by atoms with E-state index < -0.39 is 40.4 Å². The highest BCUT2D eigenvalue weighted by Gasteiger charge is 2.56. The van der Waals surface area contributed by atoms with Gasteiger partial charge in [-0.05, 0) is 55.5 Å². The van der Waals surface area contributed by atoms with E-state index in [-0.39, 0.29) is 47.3 Å². The van der Waals surface area contributed by atoms with Crippen LogP contribution in [-0.2, 0) is 19.2 Å². The minimum Gasteiger partial charge on any atom is -0.504 e. The van der Waals surface area contributed by atoms with Crippen LogP contribution >= 0.6 is 0 Å². The van der Waals surface area contributed by atoms with Gasteiger partial charge in [0.1, 0.15) is 0 Å². The van der Waals surface area contributed by atoms with Crippen LogP contribution in [0.1, 0.15) is 31.2 Å². The first-order valence-corrected chi connectivity index (χ1v) is 12.8. The van der Waals surface area contributed by atoms with Crippen LogP contribution in [0.25, 0.3) is 0 Å². The molecule has 40 heavy (non-hydrogen) atoms. The number of ketones is 2. The van der Waals surface area contributed by atoms with Gasteiger partial charge in [-0.2, -0.15) is 0 Å². The largest absolute Gasteiger partial charge is 0.504 e. The maximum absolute atomic E-state index is 13.9. The number of nitro benzene ring substituents is 1. The summed E-state index contributed by atoms with van der Waals surface area (Å²) >= 11 is 0. The molecule has 0 radical (unpaired) electrons. The zero-order valence-corrected chi connectivity index (χ0v) is 21.6. The first-order valence-electron chi connectivity index (χ1n) is 12.8. The van der Waals surface area contributed by atoms with Gasteiger partial charge in [-0.25, -0.2) is 4.90 Å². The quantitative estimate of drug-likeness (QED) is 0.202. The summed E-state index contributed by atoms with van der Waals surface area (Å²) < 4.78 is 5.31. The Kier molecular flexibility index (Phi) is 5.79. The van der Waals surface area contributed by atoms with E-state index in [0.29, 0.717) is 22.3 Å². The molecule has 10 heteroatoms. The van der Waals surface area contributed by atoms with Crippen molar-refractivity contribution in [2.75, 3.05) is 12.0 Å². The first kappa shape index (κ1) is 25.4. The number of rotatable bonds is 4. The molecule has 1 aliphatic heterocycles. The number of phenolic OH excluding ortho intramolecular Hbond substituents is 1. The van der Waals surface area contributed by atoms with E-state index in [2.05, 4.69) is 0 Å². The molecule has 0 aromatic heterocycles. The normalized spacial score (nSPS) is 25.7. The van der Waals surface area contributed by atoms with Crippen molar-refractivity contribution in [1.82, 2.24) is 0 Å². The highest BCUT2D eigenvalue weighted by Crippen LogP contribution is 2.56. The molecule has 1 fully saturated rings. The molecule has 3 aliphatic carbocycles. The van der Waals surface area contributed by atoms with Gasteiger partial charge in [-0.3, -0.25) is 29.3 Å². The van der Waals surface area contributed by atoms with Gasteiger partial charge >= 0.3 is 0 Å². The Labute approximate surface area is 228 Å². The van der Waals surface area contributed by atoms with Gasteiger partial charge in [-0.1, -0.05) is 23.8 Å². The molecule has 0 spiro atoms. The van der Waals surface area contributed by atoms with Gasteiger partial charge in [0.15, 0.2) is 23.1 Å². The summed E-state index contributed by atoms with van der Waals surface area (Å²) in [5, 5.41) is 21.5. The number of fused-ring (bicyclic) bond motifs is 3. The number of nitrogens with zero attached hydrogens (tertiary/aromatic N) is 2. The van der Waals surface area contributed by atoms with E-state index in [1.54, 1.807) is 19.1 Å². The average molecular weight is 541 g/mol. The molecule has 1 saturated heterocycles. The zero-order valence-electron chi connectivity index (χ0n) is 21.6. The van der Waals surface area contributed by atoms with Crippen LogP contribution in [0.5, 0.6) is 11.5 Å². The number of Topliss-reactive ketones (excluding diaryl/α,β-unsaturated/α-hetero) is 1. The smallest absolute Gasteiger partial charge is 0.271 e. The Hall–Kier alpha value is -4.86. The van der Waals surface area contributed by atoms with Crippen LogP contribution in [0.3, 0.4) is 0 Å². The first-order chi connectivity index (χ1) is 19.1. The SMILES string of the molecule is COc1cc(C2C3=CCC4C(=O)N(c5cccc([N+](=O)[O-])c5)C(=O)C4C3CC3=C2C(=O)C(C)=CC3=O)ccc1O. The molecule has 2 amide bonds. The summed E-state index contributed by atoms with van der Waals surface area (Å²) in [4.78, 5) is 65.9. The Morgan fingerprint density at radius 1 is 1.05 bits per heavy atom. The summed E-state index contributed by atoms with van der Waals surface area (Å²) in [7, 11) is 1.41. The minimum absolute atomic E-state index is 0.0863. The van der Waals surface area contributed by atoms with Crippen molar-refractivity contribution >= 4 is 34.8 Å². The van der Waals surface area contributed by atoms with E-state index in [1.165, 1.54) is 43.5 Å². The second-order valence-corrected chi connectivity index (χ2v) is 10.4. The van der Waals surface area contributed by atoms with Crippen molar-refractivity contribution < 1.29 is 33.9 Å². The summed E-state index contributed by atoms with van der Waals surface area (Å²) in [6, 6.07) is 10.1. The maximum atomic E-state index is 13.9. The van der Waals surface area contributed by atoms with E-state index in [0.717, 1.165) is 10.5 Å². The lowest BCUT2D eigenvalue weighted by molar-refractivity contribution is -0.384. The van der Waals surface area contributed by atoms with Crippen molar-refractivity contribution in [2.45, 2.75) is 25.7 Å². The van der Waals surface area contributed by atoms with Crippen molar-refractivity contribution in [3.63, 3.8) is 0 Å². The van der Waals surface area contributed by atoms with Gasteiger partial charge in [0.2, 0.25) is 11.8 Å². The highest BCUT2D eigenvalue weighted by atomic mass is 16.6. The second-order valence-electron chi connectivity index (χ2n) is 10.4. The molecule has 1 N–H and O–H groups in total. The molecular weight excluding hydrogens is 516 g/mol. The number of carbonyl (C=O) groups excluding carboxylic acids is 4. The van der Waals surface area contributed by atoms with Gasteiger partial charge in [0, 0.05) is 34.8 Å². The van der Waals surface area contributed by atoms with Crippen LogP contribution in [0, 0.1) is 27.9 Å². The Bertz CT molecular complexity index is 1650. The average Bonchev–Trinajstić information content (AvgIpc) is 3.20. The highest BCUT2D eigenvalue weighted by molar-refractivity contribution is 6.25. The fourth-order valence-electron chi connectivity index (χ4n) is 6.61. The molecular formula is C30H24N2O8. The zero-order chi connectivity index (χ0) is 28.5. The number of methoxy groups -OCH3 is 1. The fourth-order valence-corrected chi connectivity index (χ4v) is 6.61. The van der Waals surface area contributed by atoms with Crippen LogP contribution in [0.15, 0.2) is 76.9 Å². The molecule has 1 heterocycles. The summed E-state index contributed by atoms with van der Waals surface area (Å²) in [6.07, 6.45) is 3.54. The molecule has 2 aromatic rings. The van der Waals surface area contributed by atoms with Gasteiger partial charge in [-0.15, -0.1) is 0 Å². The summed E-state index contributed by atoms with van der Waals surface area (Å²) in [6.45, 7) is 1.59. The number of ether oxygens (including phenoxy) is 1. The topological polar surface area (TPSA) is 144 Å². The molecule has 4 aliphatic rings. The van der Waals surface area contributed by atoms with Crippen LogP contribution < -0.4 is 9.64 Å².